The fourth-order valence-corrected chi connectivity index (χ4v) is 0.904. The van der Waals surface area contributed by atoms with Crippen molar-refractivity contribution in [1.29, 1.82) is 0 Å². The van der Waals surface area contributed by atoms with Crippen LogP contribution in [0.3, 0.4) is 0 Å². The van der Waals surface area contributed by atoms with Crippen molar-refractivity contribution in [3.63, 3.8) is 0 Å². The maximum absolute atomic E-state index is 10.5. The summed E-state index contributed by atoms with van der Waals surface area (Å²) in [5.74, 6) is -0.963. The Morgan fingerprint density at radius 2 is 2.55 bits per heavy atom. The van der Waals surface area contributed by atoms with Gasteiger partial charge in [-0.3, -0.25) is 0 Å². The molecule has 11 heavy (non-hydrogen) atoms. The molecule has 3 heteroatoms. The van der Waals surface area contributed by atoms with Gasteiger partial charge in [0.15, 0.2) is 0 Å². The summed E-state index contributed by atoms with van der Waals surface area (Å²) in [6, 6.07) is 1.67. The minimum Gasteiger partial charge on any atom is -0.475 e. The second-order valence-electron chi connectivity index (χ2n) is 2.19. The van der Waals surface area contributed by atoms with Crippen LogP contribution in [0.5, 0.6) is 0 Å². The van der Waals surface area contributed by atoms with E-state index in [-0.39, 0.29) is 5.76 Å². The van der Waals surface area contributed by atoms with Gasteiger partial charge < -0.3 is 9.52 Å². The molecule has 0 bridgehead atoms. The minimum absolute atomic E-state index is 0.0445. The van der Waals surface area contributed by atoms with Crippen molar-refractivity contribution in [3.05, 3.63) is 30.1 Å². The van der Waals surface area contributed by atoms with Gasteiger partial charge >= 0.3 is 5.97 Å². The van der Waals surface area contributed by atoms with Crippen LogP contribution in [0.4, 0.5) is 0 Å². The summed E-state index contributed by atoms with van der Waals surface area (Å²) in [6.45, 7) is 1.87. The first-order valence-electron chi connectivity index (χ1n) is 3.33. The second kappa shape index (κ2) is 3.23. The summed E-state index contributed by atoms with van der Waals surface area (Å²) < 4.78 is 4.76. The Morgan fingerprint density at radius 3 is 3.09 bits per heavy atom. The van der Waals surface area contributed by atoms with Crippen LogP contribution in [0, 0.1) is 6.42 Å². The van der Waals surface area contributed by atoms with Crippen LogP contribution in [-0.4, -0.2) is 11.1 Å². The quantitative estimate of drug-likeness (QED) is 0.719. The number of carboxylic acids is 1. The summed E-state index contributed by atoms with van der Waals surface area (Å²) in [5, 5.41) is 8.57. The van der Waals surface area contributed by atoms with Crippen molar-refractivity contribution in [2.45, 2.75) is 13.3 Å². The number of carboxylic acid groups (broad SMARTS) is 1. The van der Waals surface area contributed by atoms with Gasteiger partial charge in [0.05, 0.1) is 6.26 Å². The summed E-state index contributed by atoms with van der Waals surface area (Å²) in [7, 11) is 0. The first-order valence-corrected chi connectivity index (χ1v) is 3.33. The average molecular weight is 153 g/mol. The molecule has 0 unspecified atom stereocenters. The molecule has 0 saturated heterocycles. The lowest BCUT2D eigenvalue weighted by atomic mass is 10.1. The molecule has 59 valence electrons. The molecule has 0 aliphatic heterocycles. The number of furan rings is 1. The van der Waals surface area contributed by atoms with Crippen LogP contribution >= 0.6 is 0 Å². The maximum Gasteiger partial charge on any atom is 0.372 e. The Kier molecular flexibility index (Phi) is 2.31. The highest BCUT2D eigenvalue weighted by atomic mass is 16.4. The van der Waals surface area contributed by atoms with Crippen molar-refractivity contribution in [3.8, 4) is 0 Å². The third-order valence-corrected chi connectivity index (χ3v) is 1.37. The van der Waals surface area contributed by atoms with Crippen molar-refractivity contribution < 1.29 is 14.3 Å². The summed E-state index contributed by atoms with van der Waals surface area (Å²) >= 11 is 0. The number of rotatable bonds is 3. The van der Waals surface area contributed by atoms with E-state index in [1.54, 1.807) is 6.07 Å². The van der Waals surface area contributed by atoms with Gasteiger partial charge in [-0.05, 0) is 18.9 Å². The van der Waals surface area contributed by atoms with E-state index < -0.39 is 5.97 Å². The molecule has 0 spiro atoms. The second-order valence-corrected chi connectivity index (χ2v) is 2.19. The average Bonchev–Trinajstić information content (AvgIpc) is 2.36. The number of carbonyl (C=O) groups is 1. The van der Waals surface area contributed by atoms with E-state index in [1.165, 1.54) is 6.26 Å². The largest absolute Gasteiger partial charge is 0.475 e. The zero-order chi connectivity index (χ0) is 8.27. The molecule has 3 nitrogen and oxygen atoms in total. The monoisotopic (exact) mass is 153 g/mol. The Hall–Kier alpha value is -1.25. The van der Waals surface area contributed by atoms with Crippen LogP contribution < -0.4 is 0 Å². The molecular weight excluding hydrogens is 144 g/mol. The molecular formula is C8H9O3. The molecule has 1 heterocycles. The van der Waals surface area contributed by atoms with Crippen molar-refractivity contribution >= 4 is 5.97 Å². The van der Waals surface area contributed by atoms with Gasteiger partial charge in [0.25, 0.3) is 0 Å². The van der Waals surface area contributed by atoms with E-state index in [9.17, 15) is 4.79 Å². The van der Waals surface area contributed by atoms with E-state index >= 15 is 0 Å². The lowest BCUT2D eigenvalue weighted by Crippen LogP contribution is -1.98. The van der Waals surface area contributed by atoms with Gasteiger partial charge in [-0.1, -0.05) is 6.92 Å². The zero-order valence-corrected chi connectivity index (χ0v) is 6.20. The highest BCUT2D eigenvalue weighted by molar-refractivity contribution is 5.86. The van der Waals surface area contributed by atoms with Gasteiger partial charge in [-0.2, -0.15) is 0 Å². The van der Waals surface area contributed by atoms with E-state index in [4.69, 9.17) is 9.52 Å². The summed E-state index contributed by atoms with van der Waals surface area (Å²) in [4.78, 5) is 10.5. The van der Waals surface area contributed by atoms with Gasteiger partial charge in [-0.25, -0.2) is 4.79 Å². The predicted octanol–water partition coefficient (Wildman–Crippen LogP) is 1.74. The molecule has 1 aromatic heterocycles. The molecule has 0 fully saturated rings. The third-order valence-electron chi connectivity index (χ3n) is 1.37. The van der Waals surface area contributed by atoms with Gasteiger partial charge in [0.2, 0.25) is 5.76 Å². The lowest BCUT2D eigenvalue weighted by Gasteiger charge is -1.92. The van der Waals surface area contributed by atoms with Crippen molar-refractivity contribution in [1.82, 2.24) is 0 Å². The maximum atomic E-state index is 10.5. The Morgan fingerprint density at radius 1 is 1.82 bits per heavy atom. The predicted molar refractivity (Wildman–Crippen MR) is 39.3 cm³/mol. The topological polar surface area (TPSA) is 50.4 Å². The Labute approximate surface area is 64.6 Å². The third kappa shape index (κ3) is 1.61. The molecule has 1 N–H and O–H groups in total. The van der Waals surface area contributed by atoms with Crippen LogP contribution in [-0.2, 0) is 6.42 Å². The Balaban J connectivity index is 2.87. The molecule has 0 aliphatic rings. The Bertz CT molecular complexity index is 250. The SMILES string of the molecule is C[CH]Cc1ccoc1C(=O)O. The van der Waals surface area contributed by atoms with Crippen molar-refractivity contribution in [2.75, 3.05) is 0 Å². The first kappa shape index (κ1) is 7.85. The molecule has 0 aromatic carbocycles. The first-order chi connectivity index (χ1) is 5.25. The van der Waals surface area contributed by atoms with Crippen LogP contribution in [0.1, 0.15) is 23.0 Å². The molecule has 0 amide bonds. The van der Waals surface area contributed by atoms with Crippen molar-refractivity contribution in [2.24, 2.45) is 0 Å². The van der Waals surface area contributed by atoms with Crippen LogP contribution in [0.2, 0.25) is 0 Å². The van der Waals surface area contributed by atoms with Crippen LogP contribution in [0.15, 0.2) is 16.7 Å². The molecule has 1 rings (SSSR count). The van der Waals surface area contributed by atoms with E-state index in [2.05, 4.69) is 0 Å². The van der Waals surface area contributed by atoms with Gasteiger partial charge in [0.1, 0.15) is 0 Å². The number of aromatic carboxylic acids is 1. The molecule has 0 atom stereocenters. The van der Waals surface area contributed by atoms with Crippen LogP contribution in [0.25, 0.3) is 0 Å². The molecule has 1 aromatic rings. The minimum atomic E-state index is -1.01. The standard InChI is InChI=1S/C8H9O3/c1-2-3-6-4-5-11-7(6)8(9)10/h2,4-5H,3H2,1H3,(H,9,10). The molecule has 0 aliphatic carbocycles. The molecule has 0 saturated carbocycles. The van der Waals surface area contributed by atoms with E-state index in [0.717, 1.165) is 5.56 Å². The van der Waals surface area contributed by atoms with Gasteiger partial charge in [-0.15, -0.1) is 0 Å². The van der Waals surface area contributed by atoms with Gasteiger partial charge in [0, 0.05) is 5.56 Å². The van der Waals surface area contributed by atoms with E-state index in [0.29, 0.717) is 6.42 Å². The fourth-order valence-electron chi connectivity index (χ4n) is 0.904. The normalized spacial score (nSPS) is 9.91. The van der Waals surface area contributed by atoms with E-state index in [1.807, 2.05) is 13.3 Å². The molecule has 1 radical (unpaired) electrons. The number of hydrogen-bond donors (Lipinski definition) is 1. The smallest absolute Gasteiger partial charge is 0.372 e. The highest BCUT2D eigenvalue weighted by Gasteiger charge is 2.11. The number of hydrogen-bond acceptors (Lipinski definition) is 2. The zero-order valence-electron chi connectivity index (χ0n) is 6.20. The summed E-state index contributed by atoms with van der Waals surface area (Å²) in [5.41, 5.74) is 0.722. The summed E-state index contributed by atoms with van der Waals surface area (Å²) in [6.07, 6.45) is 3.91. The lowest BCUT2D eigenvalue weighted by molar-refractivity contribution is 0.0661. The highest BCUT2D eigenvalue weighted by Crippen LogP contribution is 2.11. The fraction of sp³-hybridized carbons (Fsp3) is 0.250.